The molecule has 31 heavy (non-hydrogen) atoms. The number of nitrogens with zero attached hydrogens (tertiary/aromatic N) is 1. The quantitative estimate of drug-likeness (QED) is 0.562. The van der Waals surface area contributed by atoms with E-state index in [9.17, 15) is 16.8 Å². The topological polar surface area (TPSA) is 80.8 Å². The summed E-state index contributed by atoms with van der Waals surface area (Å²) in [6.45, 7) is 0. The molecule has 3 aromatic carbocycles. The van der Waals surface area contributed by atoms with E-state index in [1.807, 2.05) is 30.3 Å². The highest BCUT2D eigenvalue weighted by molar-refractivity contribution is 7.96. The Kier molecular flexibility index (Phi) is 5.74. The van der Waals surface area contributed by atoms with E-state index in [-0.39, 0.29) is 16.2 Å². The lowest BCUT2D eigenvalue weighted by Gasteiger charge is -2.27. The minimum Gasteiger partial charge on any atom is -0.274 e. The van der Waals surface area contributed by atoms with Crippen LogP contribution in [0.15, 0.2) is 101 Å². The Morgan fingerprint density at radius 1 is 0.806 bits per heavy atom. The van der Waals surface area contributed by atoms with Gasteiger partial charge in [-0.15, -0.1) is 0 Å². The molecule has 0 radical (unpaired) electrons. The fourth-order valence-corrected chi connectivity index (χ4v) is 8.04. The van der Waals surface area contributed by atoms with Crippen LogP contribution in [0, 0.1) is 0 Å². The van der Waals surface area contributed by atoms with Crippen molar-refractivity contribution in [2.24, 2.45) is 0 Å². The summed E-state index contributed by atoms with van der Waals surface area (Å²) >= 11 is 0. The number of rotatable bonds is 6. The Labute approximate surface area is 182 Å². The molecule has 1 aliphatic heterocycles. The van der Waals surface area contributed by atoms with Gasteiger partial charge in [-0.05, 0) is 29.8 Å². The van der Waals surface area contributed by atoms with Gasteiger partial charge in [-0.25, -0.2) is 16.8 Å². The largest absolute Gasteiger partial charge is 0.274 e. The molecule has 3 aromatic rings. The first kappa shape index (κ1) is 21.7. The van der Waals surface area contributed by atoms with Gasteiger partial charge in [0.15, 0.2) is 9.84 Å². The van der Waals surface area contributed by atoms with Crippen molar-refractivity contribution in [3.05, 3.63) is 96.6 Å². The van der Waals surface area contributed by atoms with Crippen LogP contribution in [0.3, 0.4) is 0 Å². The Hall–Kier alpha value is -2.52. The highest BCUT2D eigenvalue weighted by Crippen LogP contribution is 2.46. The SMILES string of the molecule is CN1O[C@](CS(=O)(=O)c2ccccc2)(S(=O)(=O)c2ccccc2)C[C@@H]1c1ccccc1. The van der Waals surface area contributed by atoms with Crippen molar-refractivity contribution in [1.29, 1.82) is 0 Å². The van der Waals surface area contributed by atoms with Gasteiger partial charge in [-0.3, -0.25) is 4.84 Å². The van der Waals surface area contributed by atoms with Gasteiger partial charge in [-0.2, -0.15) is 5.06 Å². The van der Waals surface area contributed by atoms with E-state index in [1.165, 1.54) is 29.3 Å². The number of hydroxylamine groups is 2. The van der Waals surface area contributed by atoms with Crippen LogP contribution in [0.25, 0.3) is 0 Å². The van der Waals surface area contributed by atoms with Gasteiger partial charge in [-0.1, -0.05) is 66.7 Å². The first-order valence-corrected chi connectivity index (χ1v) is 12.9. The minimum atomic E-state index is -4.16. The first-order chi connectivity index (χ1) is 14.8. The second kappa shape index (κ2) is 8.20. The lowest BCUT2D eigenvalue weighted by molar-refractivity contribution is -0.153. The van der Waals surface area contributed by atoms with E-state index in [2.05, 4.69) is 0 Å². The lowest BCUT2D eigenvalue weighted by Crippen LogP contribution is -2.45. The molecule has 0 amide bonds. The van der Waals surface area contributed by atoms with Crippen LogP contribution in [0.5, 0.6) is 0 Å². The zero-order chi connectivity index (χ0) is 22.1. The van der Waals surface area contributed by atoms with Crippen LogP contribution in [-0.4, -0.2) is 39.6 Å². The van der Waals surface area contributed by atoms with Crippen LogP contribution in [-0.2, 0) is 24.5 Å². The van der Waals surface area contributed by atoms with Crippen molar-refractivity contribution in [1.82, 2.24) is 5.06 Å². The fourth-order valence-electron chi connectivity index (χ4n) is 3.93. The van der Waals surface area contributed by atoms with Crippen molar-refractivity contribution in [2.75, 3.05) is 12.8 Å². The minimum absolute atomic E-state index is 0.0171. The molecule has 6 nitrogen and oxygen atoms in total. The Balaban J connectivity index is 1.83. The van der Waals surface area contributed by atoms with Crippen molar-refractivity contribution in [3.8, 4) is 0 Å². The molecule has 162 valence electrons. The van der Waals surface area contributed by atoms with Crippen LogP contribution < -0.4 is 0 Å². The smallest absolute Gasteiger partial charge is 0.211 e. The van der Waals surface area contributed by atoms with E-state index in [4.69, 9.17) is 4.84 Å². The summed E-state index contributed by atoms with van der Waals surface area (Å²) < 4.78 is 54.1. The average Bonchev–Trinajstić information content (AvgIpc) is 3.12. The van der Waals surface area contributed by atoms with Gasteiger partial charge >= 0.3 is 0 Å². The highest BCUT2D eigenvalue weighted by atomic mass is 32.2. The number of sulfone groups is 2. The van der Waals surface area contributed by atoms with Crippen LogP contribution in [0.1, 0.15) is 18.0 Å². The highest BCUT2D eigenvalue weighted by Gasteiger charge is 2.57. The van der Waals surface area contributed by atoms with E-state index < -0.39 is 36.4 Å². The van der Waals surface area contributed by atoms with Crippen LogP contribution in [0.4, 0.5) is 0 Å². The van der Waals surface area contributed by atoms with Crippen molar-refractivity contribution >= 4 is 19.7 Å². The third-order valence-electron chi connectivity index (χ3n) is 5.49. The molecule has 4 rings (SSSR count). The molecule has 1 aliphatic rings. The van der Waals surface area contributed by atoms with Crippen LogP contribution >= 0.6 is 0 Å². The normalized spacial score (nSPS) is 22.4. The average molecular weight is 458 g/mol. The predicted octanol–water partition coefficient (Wildman–Crippen LogP) is 3.64. The Morgan fingerprint density at radius 3 is 1.84 bits per heavy atom. The molecule has 0 saturated carbocycles. The van der Waals surface area contributed by atoms with Gasteiger partial charge < -0.3 is 0 Å². The molecule has 0 N–H and O–H groups in total. The first-order valence-electron chi connectivity index (χ1n) is 9.80. The second-order valence-corrected chi connectivity index (χ2v) is 11.8. The molecule has 0 unspecified atom stereocenters. The van der Waals surface area contributed by atoms with Crippen molar-refractivity contribution < 1.29 is 21.7 Å². The Morgan fingerprint density at radius 2 is 1.29 bits per heavy atom. The molecule has 0 spiro atoms. The van der Waals surface area contributed by atoms with Gasteiger partial charge in [0.2, 0.25) is 14.8 Å². The maximum atomic E-state index is 13.8. The molecule has 1 heterocycles. The summed E-state index contributed by atoms with van der Waals surface area (Å²) in [6.07, 6.45) is -0.0171. The van der Waals surface area contributed by atoms with Gasteiger partial charge in [0, 0.05) is 13.5 Å². The van der Waals surface area contributed by atoms with E-state index in [1.54, 1.807) is 43.4 Å². The van der Waals surface area contributed by atoms with Gasteiger partial charge in [0.1, 0.15) is 5.75 Å². The maximum Gasteiger partial charge on any atom is 0.211 e. The number of hydrogen-bond acceptors (Lipinski definition) is 6. The van der Waals surface area contributed by atoms with Crippen molar-refractivity contribution in [3.63, 3.8) is 0 Å². The molecule has 1 saturated heterocycles. The van der Waals surface area contributed by atoms with Crippen LogP contribution in [0.2, 0.25) is 0 Å². The summed E-state index contributed by atoms with van der Waals surface area (Å²) in [5.41, 5.74) is 0.854. The van der Waals surface area contributed by atoms with Crippen molar-refractivity contribution in [2.45, 2.75) is 27.2 Å². The van der Waals surface area contributed by atoms with E-state index in [0.29, 0.717) is 0 Å². The molecule has 0 bridgehead atoms. The summed E-state index contributed by atoms with van der Waals surface area (Å²) in [4.78, 5) is 4.09. The monoisotopic (exact) mass is 457 g/mol. The Bertz CT molecular complexity index is 1250. The predicted molar refractivity (Wildman–Crippen MR) is 118 cm³/mol. The zero-order valence-electron chi connectivity index (χ0n) is 17.0. The van der Waals surface area contributed by atoms with E-state index >= 15 is 0 Å². The third-order valence-corrected chi connectivity index (χ3v) is 9.77. The second-order valence-electron chi connectivity index (χ2n) is 7.57. The number of hydrogen-bond donors (Lipinski definition) is 0. The molecule has 0 aromatic heterocycles. The molecule has 2 atom stereocenters. The third kappa shape index (κ3) is 4.04. The molecular weight excluding hydrogens is 434 g/mol. The molecule has 0 aliphatic carbocycles. The standard InChI is InChI=1S/C23H23NO5S2/c1-24-22(19-11-5-2-6-12-19)17-23(29-24,31(27,28)21-15-9-4-10-16-21)18-30(25,26)20-13-7-3-8-14-20/h2-16,22H,17-18H2,1H3/t22-,23+/m1/s1. The molecule has 1 fully saturated rings. The fraction of sp³-hybridized carbons (Fsp3) is 0.217. The van der Waals surface area contributed by atoms with Gasteiger partial charge in [0.05, 0.1) is 15.8 Å². The summed E-state index contributed by atoms with van der Waals surface area (Å²) in [5.74, 6) is -0.686. The van der Waals surface area contributed by atoms with Gasteiger partial charge in [0.25, 0.3) is 0 Å². The molecule has 8 heteroatoms. The maximum absolute atomic E-state index is 13.8. The summed E-state index contributed by atoms with van der Waals surface area (Å²) in [5, 5.41) is 1.45. The van der Waals surface area contributed by atoms with E-state index in [0.717, 1.165) is 5.56 Å². The summed E-state index contributed by atoms with van der Waals surface area (Å²) in [6, 6.07) is 24.6. The lowest BCUT2D eigenvalue weighted by atomic mass is 10.0. The number of benzene rings is 3. The molecular formula is C23H23NO5S2. The summed E-state index contributed by atoms with van der Waals surface area (Å²) in [7, 11) is -6.48. The zero-order valence-corrected chi connectivity index (χ0v) is 18.6.